The van der Waals surface area contributed by atoms with Gasteiger partial charge in [0.1, 0.15) is 0 Å². The summed E-state index contributed by atoms with van der Waals surface area (Å²) in [6.07, 6.45) is 1.01. The van der Waals surface area contributed by atoms with E-state index in [0.717, 1.165) is 36.9 Å². The van der Waals surface area contributed by atoms with Gasteiger partial charge in [-0.25, -0.2) is 0 Å². The number of likely N-dealkylation sites (N-methyl/N-ethyl adjacent to an activating group) is 1. The van der Waals surface area contributed by atoms with Crippen molar-refractivity contribution in [3.05, 3.63) is 29.8 Å². The highest BCUT2D eigenvalue weighted by atomic mass is 32.1. The third-order valence-corrected chi connectivity index (χ3v) is 3.69. The first kappa shape index (κ1) is 17.9. The SMILES string of the molecule is CCc1ccccc1NC(=S)N(CCN(C)C)CC(C)C. The molecular formula is C17H29N3S. The van der Waals surface area contributed by atoms with Crippen LogP contribution in [0.3, 0.4) is 0 Å². The van der Waals surface area contributed by atoms with Gasteiger partial charge in [-0.2, -0.15) is 0 Å². The van der Waals surface area contributed by atoms with Gasteiger partial charge in [0.15, 0.2) is 5.11 Å². The van der Waals surface area contributed by atoms with Crippen LogP contribution in [0.25, 0.3) is 0 Å². The second-order valence-corrected chi connectivity index (χ2v) is 6.47. The molecule has 0 spiro atoms. The van der Waals surface area contributed by atoms with Crippen molar-refractivity contribution in [2.24, 2.45) is 5.92 Å². The quantitative estimate of drug-likeness (QED) is 0.777. The zero-order chi connectivity index (χ0) is 15.8. The molecule has 1 aromatic rings. The van der Waals surface area contributed by atoms with E-state index in [1.54, 1.807) is 0 Å². The van der Waals surface area contributed by atoms with Gasteiger partial charge in [-0.1, -0.05) is 39.0 Å². The zero-order valence-electron chi connectivity index (χ0n) is 14.0. The van der Waals surface area contributed by atoms with Gasteiger partial charge in [0.2, 0.25) is 0 Å². The fraction of sp³-hybridized carbons (Fsp3) is 0.588. The van der Waals surface area contributed by atoms with Crippen molar-refractivity contribution in [1.29, 1.82) is 0 Å². The average molecular weight is 308 g/mol. The highest BCUT2D eigenvalue weighted by molar-refractivity contribution is 7.80. The summed E-state index contributed by atoms with van der Waals surface area (Å²) in [5.41, 5.74) is 2.43. The van der Waals surface area contributed by atoms with Crippen molar-refractivity contribution in [1.82, 2.24) is 9.80 Å². The van der Waals surface area contributed by atoms with Crippen molar-refractivity contribution < 1.29 is 0 Å². The fourth-order valence-corrected chi connectivity index (χ4v) is 2.46. The highest BCUT2D eigenvalue weighted by Gasteiger charge is 2.13. The minimum Gasteiger partial charge on any atom is -0.347 e. The second-order valence-electron chi connectivity index (χ2n) is 6.08. The first-order chi connectivity index (χ1) is 9.93. The molecule has 0 unspecified atom stereocenters. The highest BCUT2D eigenvalue weighted by Crippen LogP contribution is 2.16. The summed E-state index contributed by atoms with van der Waals surface area (Å²) >= 11 is 5.63. The molecule has 0 amide bonds. The Hall–Kier alpha value is -1.13. The molecule has 4 heteroatoms. The van der Waals surface area contributed by atoms with Crippen LogP contribution in [-0.2, 0) is 6.42 Å². The van der Waals surface area contributed by atoms with Gasteiger partial charge in [-0.3, -0.25) is 0 Å². The van der Waals surface area contributed by atoms with Crippen LogP contribution < -0.4 is 5.32 Å². The minimum atomic E-state index is 0.591. The number of rotatable bonds is 7. The number of benzene rings is 1. The van der Waals surface area contributed by atoms with E-state index < -0.39 is 0 Å². The number of hydrogen-bond acceptors (Lipinski definition) is 2. The summed E-state index contributed by atoms with van der Waals surface area (Å²) < 4.78 is 0. The van der Waals surface area contributed by atoms with Crippen molar-refractivity contribution in [2.75, 3.05) is 39.0 Å². The summed E-state index contributed by atoms with van der Waals surface area (Å²) in [6, 6.07) is 8.38. The van der Waals surface area contributed by atoms with E-state index in [1.807, 2.05) is 0 Å². The third-order valence-electron chi connectivity index (χ3n) is 3.33. The van der Waals surface area contributed by atoms with E-state index in [2.05, 4.69) is 74.2 Å². The van der Waals surface area contributed by atoms with Crippen LogP contribution in [0.5, 0.6) is 0 Å². The lowest BCUT2D eigenvalue weighted by molar-refractivity contribution is 0.310. The largest absolute Gasteiger partial charge is 0.347 e. The van der Waals surface area contributed by atoms with Crippen molar-refractivity contribution >= 4 is 23.0 Å². The van der Waals surface area contributed by atoms with Gasteiger partial charge in [-0.05, 0) is 50.3 Å². The van der Waals surface area contributed by atoms with Gasteiger partial charge in [0.05, 0.1) is 0 Å². The maximum absolute atomic E-state index is 5.63. The molecule has 0 atom stereocenters. The Bertz CT molecular complexity index is 443. The number of anilines is 1. The number of nitrogens with one attached hydrogen (secondary N) is 1. The maximum Gasteiger partial charge on any atom is 0.173 e. The van der Waals surface area contributed by atoms with E-state index in [4.69, 9.17) is 12.2 Å². The van der Waals surface area contributed by atoms with Gasteiger partial charge in [-0.15, -0.1) is 0 Å². The molecule has 0 aliphatic rings. The lowest BCUT2D eigenvalue weighted by atomic mass is 10.1. The molecule has 0 saturated heterocycles. The molecule has 0 radical (unpaired) electrons. The Morgan fingerprint density at radius 1 is 1.19 bits per heavy atom. The summed E-state index contributed by atoms with van der Waals surface area (Å²) in [4.78, 5) is 4.46. The summed E-state index contributed by atoms with van der Waals surface area (Å²) in [5.74, 6) is 0.591. The predicted molar refractivity (Wildman–Crippen MR) is 97.0 cm³/mol. The van der Waals surface area contributed by atoms with Crippen LogP contribution in [0.15, 0.2) is 24.3 Å². The topological polar surface area (TPSA) is 18.5 Å². The van der Waals surface area contributed by atoms with Crippen LogP contribution in [0.4, 0.5) is 5.69 Å². The Morgan fingerprint density at radius 3 is 2.43 bits per heavy atom. The number of para-hydroxylation sites is 1. The van der Waals surface area contributed by atoms with Gasteiger partial charge in [0.25, 0.3) is 0 Å². The molecule has 3 nitrogen and oxygen atoms in total. The lowest BCUT2D eigenvalue weighted by Crippen LogP contribution is -2.41. The second kappa shape index (κ2) is 9.00. The lowest BCUT2D eigenvalue weighted by Gasteiger charge is -2.29. The zero-order valence-corrected chi connectivity index (χ0v) is 14.8. The van der Waals surface area contributed by atoms with E-state index in [9.17, 15) is 0 Å². The molecule has 0 aliphatic carbocycles. The Labute approximate surface area is 135 Å². The molecule has 118 valence electrons. The average Bonchev–Trinajstić information content (AvgIpc) is 2.43. The molecule has 0 saturated carbocycles. The van der Waals surface area contributed by atoms with Gasteiger partial charge in [0, 0.05) is 25.3 Å². The third kappa shape index (κ3) is 6.44. The van der Waals surface area contributed by atoms with Crippen LogP contribution in [0, 0.1) is 5.92 Å². The monoisotopic (exact) mass is 307 g/mol. The predicted octanol–water partition coefficient (Wildman–Crippen LogP) is 3.47. The van der Waals surface area contributed by atoms with Crippen LogP contribution in [0.1, 0.15) is 26.3 Å². The Kier molecular flexibility index (Phi) is 7.68. The molecule has 0 heterocycles. The summed E-state index contributed by atoms with van der Waals surface area (Å²) in [6.45, 7) is 9.56. The Morgan fingerprint density at radius 2 is 1.86 bits per heavy atom. The minimum absolute atomic E-state index is 0.591. The molecule has 1 aromatic carbocycles. The molecule has 0 aliphatic heterocycles. The van der Waals surface area contributed by atoms with Crippen LogP contribution >= 0.6 is 12.2 Å². The maximum atomic E-state index is 5.63. The Balaban J connectivity index is 2.75. The normalized spacial score (nSPS) is 11.0. The van der Waals surface area contributed by atoms with Gasteiger partial charge >= 0.3 is 0 Å². The molecule has 1 rings (SSSR count). The first-order valence-electron chi connectivity index (χ1n) is 7.72. The van der Waals surface area contributed by atoms with E-state index >= 15 is 0 Å². The molecule has 1 N–H and O–H groups in total. The molecule has 0 aromatic heterocycles. The summed E-state index contributed by atoms with van der Waals surface area (Å²) in [5, 5.41) is 4.25. The standard InChI is InChI=1S/C17H29N3S/c1-6-15-9-7-8-10-16(15)18-17(21)20(13-14(2)3)12-11-19(4)5/h7-10,14H,6,11-13H2,1-5H3,(H,18,21). The molecule has 0 bridgehead atoms. The van der Waals surface area contributed by atoms with E-state index in [0.29, 0.717) is 5.92 Å². The van der Waals surface area contributed by atoms with Crippen molar-refractivity contribution in [2.45, 2.75) is 27.2 Å². The van der Waals surface area contributed by atoms with Crippen LogP contribution in [-0.4, -0.2) is 48.6 Å². The van der Waals surface area contributed by atoms with Crippen molar-refractivity contribution in [3.8, 4) is 0 Å². The first-order valence-corrected chi connectivity index (χ1v) is 8.13. The van der Waals surface area contributed by atoms with E-state index in [1.165, 1.54) is 5.56 Å². The number of nitrogens with zero attached hydrogens (tertiary/aromatic N) is 2. The van der Waals surface area contributed by atoms with Crippen LogP contribution in [0.2, 0.25) is 0 Å². The number of hydrogen-bond donors (Lipinski definition) is 1. The van der Waals surface area contributed by atoms with Gasteiger partial charge < -0.3 is 15.1 Å². The fourth-order valence-electron chi connectivity index (χ4n) is 2.18. The number of aryl methyl sites for hydroxylation is 1. The van der Waals surface area contributed by atoms with E-state index in [-0.39, 0.29) is 0 Å². The number of thiocarbonyl (C=S) groups is 1. The van der Waals surface area contributed by atoms with Crippen molar-refractivity contribution in [3.63, 3.8) is 0 Å². The summed E-state index contributed by atoms with van der Waals surface area (Å²) in [7, 11) is 4.19. The molecule has 0 fully saturated rings. The molecule has 21 heavy (non-hydrogen) atoms. The smallest absolute Gasteiger partial charge is 0.173 e. The molecular weight excluding hydrogens is 278 g/mol.